The lowest BCUT2D eigenvalue weighted by atomic mass is 10.0. The Labute approximate surface area is 125 Å². The minimum atomic E-state index is -0.379. The van der Waals surface area contributed by atoms with E-state index in [1.54, 1.807) is 6.07 Å². The Balaban J connectivity index is 1.76. The minimum absolute atomic E-state index is 0.0471. The Morgan fingerprint density at radius 2 is 2.29 bits per heavy atom. The molecule has 0 aliphatic carbocycles. The Hall–Kier alpha value is -1.96. The van der Waals surface area contributed by atoms with Crippen molar-refractivity contribution < 1.29 is 4.79 Å². The van der Waals surface area contributed by atoms with E-state index in [4.69, 9.17) is 0 Å². The van der Waals surface area contributed by atoms with Gasteiger partial charge in [0.05, 0.1) is 0 Å². The van der Waals surface area contributed by atoms with Crippen molar-refractivity contribution >= 4 is 17.2 Å². The smallest absolute Gasteiger partial charge is 0.338 e. The second-order valence-corrected chi connectivity index (χ2v) is 6.14. The highest BCUT2D eigenvalue weighted by Gasteiger charge is 2.24. The summed E-state index contributed by atoms with van der Waals surface area (Å²) in [7, 11) is 0. The first-order valence-corrected chi connectivity index (χ1v) is 7.91. The lowest BCUT2D eigenvalue weighted by molar-refractivity contribution is -0.135. The molecule has 1 amide bonds. The standard InChI is InChI=1S/C13H17N5O2S/c1-10-5-2-3-7-16(10)11(19)9-17-13(20)18(15-14-17)12-6-4-8-21-12/h4,6,8,10H,2-3,5,7,9H2,1H3. The van der Waals surface area contributed by atoms with Crippen molar-refractivity contribution in [1.82, 2.24) is 24.7 Å². The molecule has 0 spiro atoms. The highest BCUT2D eigenvalue weighted by atomic mass is 32.1. The van der Waals surface area contributed by atoms with Crippen molar-refractivity contribution in [1.29, 1.82) is 0 Å². The second-order valence-electron chi connectivity index (χ2n) is 5.21. The van der Waals surface area contributed by atoms with Gasteiger partial charge in [0, 0.05) is 12.6 Å². The van der Waals surface area contributed by atoms with E-state index in [1.165, 1.54) is 16.0 Å². The Bertz CT molecular complexity index is 675. The third-order valence-electron chi connectivity index (χ3n) is 3.76. The van der Waals surface area contributed by atoms with Crippen LogP contribution in [0.5, 0.6) is 0 Å². The van der Waals surface area contributed by atoms with Gasteiger partial charge in [-0.05, 0) is 54.1 Å². The molecule has 21 heavy (non-hydrogen) atoms. The summed E-state index contributed by atoms with van der Waals surface area (Å²) in [5, 5.41) is 10.2. The number of hydrogen-bond donors (Lipinski definition) is 0. The highest BCUT2D eigenvalue weighted by molar-refractivity contribution is 7.12. The number of amides is 1. The number of thiophene rings is 1. The van der Waals surface area contributed by atoms with Gasteiger partial charge >= 0.3 is 5.69 Å². The molecule has 0 aromatic carbocycles. The Kier molecular flexibility index (Phi) is 3.87. The summed E-state index contributed by atoms with van der Waals surface area (Å²) in [5.41, 5.74) is -0.379. The van der Waals surface area contributed by atoms with Gasteiger partial charge in [-0.1, -0.05) is 0 Å². The van der Waals surface area contributed by atoms with Crippen LogP contribution in [0.1, 0.15) is 26.2 Å². The van der Waals surface area contributed by atoms with Gasteiger partial charge in [0.2, 0.25) is 5.91 Å². The number of tetrazole rings is 1. The summed E-state index contributed by atoms with van der Waals surface area (Å²) >= 11 is 1.40. The third-order valence-corrected chi connectivity index (χ3v) is 4.61. The molecule has 112 valence electrons. The lowest BCUT2D eigenvalue weighted by Gasteiger charge is -2.33. The van der Waals surface area contributed by atoms with Gasteiger partial charge < -0.3 is 4.90 Å². The van der Waals surface area contributed by atoms with E-state index < -0.39 is 0 Å². The molecule has 1 aliphatic rings. The molecule has 3 heterocycles. The van der Waals surface area contributed by atoms with E-state index in [9.17, 15) is 9.59 Å². The molecular formula is C13H17N5O2S. The van der Waals surface area contributed by atoms with Crippen molar-refractivity contribution in [2.24, 2.45) is 0 Å². The predicted octanol–water partition coefficient (Wildman–Crippen LogP) is 0.891. The molecular weight excluding hydrogens is 290 g/mol. The van der Waals surface area contributed by atoms with Gasteiger partial charge in [0.25, 0.3) is 0 Å². The van der Waals surface area contributed by atoms with E-state index in [0.29, 0.717) is 5.00 Å². The van der Waals surface area contributed by atoms with Crippen molar-refractivity contribution in [3.8, 4) is 5.00 Å². The Morgan fingerprint density at radius 1 is 1.43 bits per heavy atom. The molecule has 7 nitrogen and oxygen atoms in total. The van der Waals surface area contributed by atoms with Gasteiger partial charge in [-0.25, -0.2) is 4.79 Å². The first kappa shape index (κ1) is 14.0. The van der Waals surface area contributed by atoms with Gasteiger partial charge in [-0.3, -0.25) is 4.79 Å². The zero-order chi connectivity index (χ0) is 14.8. The van der Waals surface area contributed by atoms with Crippen molar-refractivity contribution in [3.63, 3.8) is 0 Å². The van der Waals surface area contributed by atoms with Crippen molar-refractivity contribution in [2.75, 3.05) is 6.54 Å². The third kappa shape index (κ3) is 2.76. The quantitative estimate of drug-likeness (QED) is 0.844. The lowest BCUT2D eigenvalue weighted by Crippen LogP contribution is -2.44. The van der Waals surface area contributed by atoms with Crippen molar-refractivity contribution in [3.05, 3.63) is 28.0 Å². The van der Waals surface area contributed by atoms with Crippen LogP contribution in [0.2, 0.25) is 0 Å². The number of aromatic nitrogens is 4. The summed E-state index contributed by atoms with van der Waals surface area (Å²) < 4.78 is 2.35. The number of carbonyl (C=O) groups is 1. The van der Waals surface area contributed by atoms with E-state index in [1.807, 2.05) is 23.3 Å². The van der Waals surface area contributed by atoms with Crippen LogP contribution >= 0.6 is 11.3 Å². The van der Waals surface area contributed by atoms with Crippen LogP contribution in [0.15, 0.2) is 22.3 Å². The number of carbonyl (C=O) groups excluding carboxylic acids is 1. The van der Waals surface area contributed by atoms with Crippen LogP contribution in [0.3, 0.4) is 0 Å². The molecule has 3 rings (SSSR count). The van der Waals surface area contributed by atoms with Crippen LogP contribution in [0.4, 0.5) is 0 Å². The molecule has 0 N–H and O–H groups in total. The molecule has 1 saturated heterocycles. The van der Waals surface area contributed by atoms with E-state index in [0.717, 1.165) is 30.5 Å². The topological polar surface area (TPSA) is 73.0 Å². The number of likely N-dealkylation sites (tertiary alicyclic amines) is 1. The fraction of sp³-hybridized carbons (Fsp3) is 0.538. The maximum absolute atomic E-state index is 12.3. The van der Waals surface area contributed by atoms with E-state index in [2.05, 4.69) is 10.4 Å². The van der Waals surface area contributed by atoms with Crippen LogP contribution in [0, 0.1) is 0 Å². The number of nitrogens with zero attached hydrogens (tertiary/aromatic N) is 5. The van der Waals surface area contributed by atoms with Crippen LogP contribution in [0.25, 0.3) is 5.00 Å². The second kappa shape index (κ2) is 5.80. The van der Waals surface area contributed by atoms with E-state index >= 15 is 0 Å². The largest absolute Gasteiger partial charge is 0.369 e. The zero-order valence-electron chi connectivity index (χ0n) is 11.8. The molecule has 2 aromatic heterocycles. The SMILES string of the molecule is CC1CCCCN1C(=O)Cn1nnn(-c2cccs2)c1=O. The number of hydrogen-bond acceptors (Lipinski definition) is 5. The Morgan fingerprint density at radius 3 is 3.00 bits per heavy atom. The summed E-state index contributed by atoms with van der Waals surface area (Å²) in [6.45, 7) is 2.75. The molecule has 1 aliphatic heterocycles. The fourth-order valence-corrected chi connectivity index (χ4v) is 3.26. The van der Waals surface area contributed by atoms with Crippen LogP contribution in [-0.2, 0) is 11.3 Å². The van der Waals surface area contributed by atoms with Gasteiger partial charge in [-0.2, -0.15) is 9.36 Å². The normalized spacial score (nSPS) is 18.9. The van der Waals surface area contributed by atoms with Crippen LogP contribution in [-0.4, -0.2) is 43.2 Å². The molecule has 8 heteroatoms. The maximum Gasteiger partial charge on any atom is 0.369 e. The minimum Gasteiger partial charge on any atom is -0.338 e. The average Bonchev–Trinajstić information content (AvgIpc) is 3.10. The first-order valence-electron chi connectivity index (χ1n) is 7.03. The van der Waals surface area contributed by atoms with E-state index in [-0.39, 0.29) is 24.2 Å². The highest BCUT2D eigenvalue weighted by Crippen LogP contribution is 2.16. The maximum atomic E-state index is 12.3. The monoisotopic (exact) mass is 307 g/mol. The molecule has 0 saturated carbocycles. The number of rotatable bonds is 3. The summed E-state index contributed by atoms with van der Waals surface area (Å²) in [5.74, 6) is -0.0671. The summed E-state index contributed by atoms with van der Waals surface area (Å²) in [4.78, 5) is 26.4. The molecule has 1 unspecified atom stereocenters. The molecule has 0 bridgehead atoms. The van der Waals surface area contributed by atoms with Crippen LogP contribution < -0.4 is 5.69 Å². The molecule has 1 atom stereocenters. The number of piperidine rings is 1. The molecule has 0 radical (unpaired) electrons. The zero-order valence-corrected chi connectivity index (χ0v) is 12.6. The van der Waals surface area contributed by atoms with Crippen molar-refractivity contribution in [2.45, 2.75) is 38.8 Å². The van der Waals surface area contributed by atoms with Gasteiger partial charge in [0.1, 0.15) is 11.5 Å². The van der Waals surface area contributed by atoms with Gasteiger partial charge in [-0.15, -0.1) is 11.3 Å². The molecule has 2 aromatic rings. The predicted molar refractivity (Wildman–Crippen MR) is 78.5 cm³/mol. The first-order chi connectivity index (χ1) is 10.2. The average molecular weight is 307 g/mol. The molecule has 1 fully saturated rings. The summed E-state index contributed by atoms with van der Waals surface area (Å²) in [6, 6.07) is 3.86. The fourth-order valence-electron chi connectivity index (χ4n) is 2.59. The summed E-state index contributed by atoms with van der Waals surface area (Å²) in [6.07, 6.45) is 3.19. The van der Waals surface area contributed by atoms with Gasteiger partial charge in [0.15, 0.2) is 0 Å².